The van der Waals surface area contributed by atoms with Crippen LogP contribution in [-0.2, 0) is 6.54 Å². The molecule has 2 fully saturated rings. The van der Waals surface area contributed by atoms with Crippen LogP contribution < -0.4 is 16.0 Å². The Morgan fingerprint density at radius 2 is 2.00 bits per heavy atom. The molecule has 0 spiro atoms. The number of nitrogens with one attached hydrogen (secondary N) is 1. The molecule has 2 aliphatic rings. The van der Waals surface area contributed by atoms with Crippen molar-refractivity contribution in [3.63, 3.8) is 0 Å². The Hall–Kier alpha value is -1.55. The maximum atomic E-state index is 12.0. The van der Waals surface area contributed by atoms with E-state index in [-0.39, 0.29) is 6.03 Å². The highest BCUT2D eigenvalue weighted by atomic mass is 16.2. The first kappa shape index (κ1) is 11.5. The number of rotatable bonds is 3. The van der Waals surface area contributed by atoms with Crippen LogP contribution in [0.4, 0.5) is 10.5 Å². The van der Waals surface area contributed by atoms with Crippen LogP contribution in [0.25, 0.3) is 0 Å². The average Bonchev–Trinajstić information content (AvgIpc) is 2.69. The fraction of sp³-hybridized carbons (Fsp3) is 0.500. The molecule has 1 aromatic rings. The number of hydrogen-bond donors (Lipinski definition) is 2. The van der Waals surface area contributed by atoms with E-state index in [1.54, 1.807) is 0 Å². The number of urea groups is 1. The molecule has 1 aliphatic heterocycles. The Labute approximate surface area is 107 Å². The summed E-state index contributed by atoms with van der Waals surface area (Å²) in [5, 5.41) is 3.10. The van der Waals surface area contributed by atoms with Crippen LogP contribution in [0, 0.1) is 5.92 Å². The molecular formula is C14H19N3O. The van der Waals surface area contributed by atoms with Gasteiger partial charge in [-0.05, 0) is 36.5 Å². The topological polar surface area (TPSA) is 58.4 Å². The van der Waals surface area contributed by atoms with Crippen molar-refractivity contribution in [1.29, 1.82) is 0 Å². The molecule has 2 amide bonds. The number of benzene rings is 1. The third-order valence-electron chi connectivity index (χ3n) is 4.14. The zero-order chi connectivity index (χ0) is 12.5. The largest absolute Gasteiger partial charge is 0.333 e. The third-order valence-corrected chi connectivity index (χ3v) is 4.14. The first-order chi connectivity index (χ1) is 8.78. The average molecular weight is 245 g/mol. The van der Waals surface area contributed by atoms with Gasteiger partial charge in [-0.15, -0.1) is 0 Å². The van der Waals surface area contributed by atoms with E-state index >= 15 is 0 Å². The quantitative estimate of drug-likeness (QED) is 0.853. The second-order valence-corrected chi connectivity index (χ2v) is 5.23. The SMILES string of the molecule is NCc1ccc(N2CC(C3CCC3)NC2=O)cc1. The predicted octanol–water partition coefficient (Wildman–Crippen LogP) is 1.84. The van der Waals surface area contributed by atoms with Gasteiger partial charge >= 0.3 is 6.03 Å². The molecule has 4 nitrogen and oxygen atoms in total. The molecule has 18 heavy (non-hydrogen) atoms. The van der Waals surface area contributed by atoms with Crippen molar-refractivity contribution in [1.82, 2.24) is 5.32 Å². The van der Waals surface area contributed by atoms with Crippen LogP contribution in [0.5, 0.6) is 0 Å². The van der Waals surface area contributed by atoms with Crippen LogP contribution in [-0.4, -0.2) is 18.6 Å². The molecule has 3 rings (SSSR count). The maximum absolute atomic E-state index is 12.0. The lowest BCUT2D eigenvalue weighted by Crippen LogP contribution is -2.37. The molecule has 1 saturated carbocycles. The van der Waals surface area contributed by atoms with E-state index < -0.39 is 0 Å². The summed E-state index contributed by atoms with van der Waals surface area (Å²) in [5.74, 6) is 0.683. The van der Waals surface area contributed by atoms with Crippen LogP contribution in [0.1, 0.15) is 24.8 Å². The van der Waals surface area contributed by atoms with Crippen LogP contribution in [0.3, 0.4) is 0 Å². The van der Waals surface area contributed by atoms with Crippen LogP contribution in [0.15, 0.2) is 24.3 Å². The Morgan fingerprint density at radius 3 is 2.56 bits per heavy atom. The number of nitrogens with two attached hydrogens (primary N) is 1. The van der Waals surface area contributed by atoms with Gasteiger partial charge in [-0.3, -0.25) is 4.90 Å². The molecule has 1 aromatic carbocycles. The summed E-state index contributed by atoms with van der Waals surface area (Å²) in [7, 11) is 0. The number of hydrogen-bond acceptors (Lipinski definition) is 2. The number of amides is 2. The molecule has 0 radical (unpaired) electrons. The van der Waals surface area contributed by atoms with Crippen LogP contribution in [0.2, 0.25) is 0 Å². The van der Waals surface area contributed by atoms with Gasteiger partial charge in [0.25, 0.3) is 0 Å². The molecule has 1 heterocycles. The number of nitrogens with zero attached hydrogens (tertiary/aromatic N) is 1. The molecule has 1 aliphatic carbocycles. The van der Waals surface area contributed by atoms with E-state index in [9.17, 15) is 4.79 Å². The lowest BCUT2D eigenvalue weighted by atomic mass is 9.80. The molecule has 1 unspecified atom stereocenters. The molecule has 0 aromatic heterocycles. The van der Waals surface area contributed by atoms with E-state index in [0.29, 0.717) is 18.5 Å². The van der Waals surface area contributed by atoms with Gasteiger partial charge in [0, 0.05) is 18.8 Å². The van der Waals surface area contributed by atoms with Crippen molar-refractivity contribution in [2.24, 2.45) is 11.7 Å². The zero-order valence-electron chi connectivity index (χ0n) is 10.4. The minimum absolute atomic E-state index is 0.0346. The number of carbonyl (C=O) groups is 1. The fourth-order valence-corrected chi connectivity index (χ4v) is 2.71. The second-order valence-electron chi connectivity index (χ2n) is 5.23. The van der Waals surface area contributed by atoms with Crippen molar-refractivity contribution < 1.29 is 4.79 Å². The minimum atomic E-state index is 0.0346. The summed E-state index contributed by atoms with van der Waals surface area (Å²) >= 11 is 0. The van der Waals surface area contributed by atoms with Crippen LogP contribution >= 0.6 is 0 Å². The fourth-order valence-electron chi connectivity index (χ4n) is 2.71. The zero-order valence-corrected chi connectivity index (χ0v) is 10.4. The van der Waals surface area contributed by atoms with Gasteiger partial charge in [0.1, 0.15) is 0 Å². The van der Waals surface area contributed by atoms with Gasteiger partial charge in [0.05, 0.1) is 6.04 Å². The van der Waals surface area contributed by atoms with Crippen molar-refractivity contribution in [2.45, 2.75) is 31.8 Å². The molecule has 96 valence electrons. The third kappa shape index (κ3) is 1.97. The summed E-state index contributed by atoms with van der Waals surface area (Å²) in [4.78, 5) is 13.8. The first-order valence-corrected chi connectivity index (χ1v) is 6.65. The highest BCUT2D eigenvalue weighted by molar-refractivity contribution is 5.94. The summed E-state index contributed by atoms with van der Waals surface area (Å²) in [6, 6.07) is 8.29. The van der Waals surface area contributed by atoms with Gasteiger partial charge in [0.15, 0.2) is 0 Å². The first-order valence-electron chi connectivity index (χ1n) is 6.65. The number of anilines is 1. The van der Waals surface area contributed by atoms with E-state index in [2.05, 4.69) is 5.32 Å². The molecule has 1 saturated heterocycles. The lowest BCUT2D eigenvalue weighted by Gasteiger charge is -2.30. The Kier molecular flexibility index (Phi) is 2.96. The van der Waals surface area contributed by atoms with Gasteiger partial charge in [-0.2, -0.15) is 0 Å². The van der Waals surface area contributed by atoms with E-state index in [0.717, 1.165) is 17.8 Å². The van der Waals surface area contributed by atoms with Gasteiger partial charge < -0.3 is 11.1 Å². The predicted molar refractivity (Wildman–Crippen MR) is 71.3 cm³/mol. The highest BCUT2D eigenvalue weighted by Gasteiger charge is 2.37. The van der Waals surface area contributed by atoms with Crippen molar-refractivity contribution >= 4 is 11.7 Å². The van der Waals surface area contributed by atoms with E-state index in [4.69, 9.17) is 5.73 Å². The lowest BCUT2D eigenvalue weighted by molar-refractivity contribution is 0.234. The van der Waals surface area contributed by atoms with Gasteiger partial charge in [-0.25, -0.2) is 4.79 Å². The standard InChI is InChI=1S/C14H19N3O/c15-8-10-4-6-12(7-5-10)17-9-13(16-14(17)18)11-2-1-3-11/h4-7,11,13H,1-3,8-9,15H2,(H,16,18). The smallest absolute Gasteiger partial charge is 0.322 e. The van der Waals surface area contributed by atoms with E-state index in [1.807, 2.05) is 29.2 Å². The normalized spacial score (nSPS) is 23.9. The minimum Gasteiger partial charge on any atom is -0.333 e. The van der Waals surface area contributed by atoms with Gasteiger partial charge in [0.2, 0.25) is 0 Å². The van der Waals surface area contributed by atoms with Gasteiger partial charge in [-0.1, -0.05) is 18.6 Å². The molecule has 3 N–H and O–H groups in total. The van der Waals surface area contributed by atoms with Crippen molar-refractivity contribution in [2.75, 3.05) is 11.4 Å². The Balaban J connectivity index is 1.73. The number of carbonyl (C=O) groups excluding carboxylic acids is 1. The molecular weight excluding hydrogens is 226 g/mol. The highest BCUT2D eigenvalue weighted by Crippen LogP contribution is 2.32. The Bertz CT molecular complexity index is 439. The van der Waals surface area contributed by atoms with Crippen molar-refractivity contribution in [3.8, 4) is 0 Å². The monoisotopic (exact) mass is 245 g/mol. The second kappa shape index (κ2) is 4.61. The Morgan fingerprint density at radius 1 is 1.28 bits per heavy atom. The summed E-state index contributed by atoms with van der Waals surface area (Å²) in [6.45, 7) is 1.34. The molecule has 1 atom stereocenters. The summed E-state index contributed by atoms with van der Waals surface area (Å²) < 4.78 is 0. The van der Waals surface area contributed by atoms with E-state index in [1.165, 1.54) is 19.3 Å². The molecule has 4 heteroatoms. The summed E-state index contributed by atoms with van der Waals surface area (Å²) in [6.07, 6.45) is 3.82. The van der Waals surface area contributed by atoms with Crippen molar-refractivity contribution in [3.05, 3.63) is 29.8 Å². The maximum Gasteiger partial charge on any atom is 0.322 e. The summed E-state index contributed by atoms with van der Waals surface area (Å²) in [5.41, 5.74) is 7.63. The molecule has 0 bridgehead atoms.